The van der Waals surface area contributed by atoms with Gasteiger partial charge in [0.25, 0.3) is 0 Å². The summed E-state index contributed by atoms with van der Waals surface area (Å²) in [5.74, 6) is 1.15. The molecule has 0 heterocycles. The Kier molecular flexibility index (Phi) is 4.53. The van der Waals surface area contributed by atoms with Crippen LogP contribution in [0.1, 0.15) is 44.6 Å². The van der Waals surface area contributed by atoms with Gasteiger partial charge in [0.05, 0.1) is 7.11 Å². The first kappa shape index (κ1) is 17.3. The highest BCUT2D eigenvalue weighted by molar-refractivity contribution is 9.09. The van der Waals surface area contributed by atoms with Gasteiger partial charge in [-0.05, 0) is 71.7 Å². The lowest BCUT2D eigenvalue weighted by atomic mass is 9.68. The first-order valence-electron chi connectivity index (χ1n) is 8.57. The second-order valence-electron chi connectivity index (χ2n) is 7.14. The summed E-state index contributed by atoms with van der Waals surface area (Å²) in [5, 5.41) is 1.70. The first-order chi connectivity index (χ1) is 12.1. The van der Waals surface area contributed by atoms with Crippen LogP contribution in [-0.4, -0.2) is 12.9 Å². The third kappa shape index (κ3) is 2.78. The Hall–Kier alpha value is -1.13. The molecule has 0 unspecified atom stereocenters. The van der Waals surface area contributed by atoms with Crippen LogP contribution in [0.4, 0.5) is 0 Å². The van der Waals surface area contributed by atoms with Crippen LogP contribution < -0.4 is 4.74 Å². The largest absolute Gasteiger partial charge is 0.497 e. The van der Waals surface area contributed by atoms with E-state index in [0.717, 1.165) is 53.2 Å². The Morgan fingerprint density at radius 3 is 2.20 bits per heavy atom. The topological polar surface area (TPSA) is 26.3 Å². The zero-order chi connectivity index (χ0) is 17.6. The zero-order valence-electron chi connectivity index (χ0n) is 14.2. The number of fused-ring (bicyclic) bond motifs is 2. The fourth-order valence-electron chi connectivity index (χ4n) is 4.40. The maximum atomic E-state index is 13.4. The molecule has 0 N–H and O–H groups in total. The van der Waals surface area contributed by atoms with Crippen molar-refractivity contribution in [1.82, 2.24) is 0 Å². The molecule has 0 aliphatic heterocycles. The van der Waals surface area contributed by atoms with Crippen LogP contribution in [0.5, 0.6) is 5.75 Å². The summed E-state index contributed by atoms with van der Waals surface area (Å²) in [6, 6.07) is 10.5. The average Bonchev–Trinajstić information content (AvgIpc) is 3.01. The molecular weight excluding hydrogens is 444 g/mol. The Labute approximate surface area is 165 Å². The van der Waals surface area contributed by atoms with Crippen LogP contribution in [0.15, 0.2) is 30.3 Å². The first-order valence-corrected chi connectivity index (χ1v) is 10.8. The molecule has 2 aliphatic rings. The number of carbonyl (C=O) groups is 1. The standard InChI is InChI=1S/C21H20Br2O2/c1-25-18-2-3-19-13(8-18)4-5-21(20(19)24)9-14-6-16(11-22)17(12-23)7-15(14)10-21/h2-3,6-8H,4-5,9-12H2,1H3. The summed E-state index contributed by atoms with van der Waals surface area (Å²) < 4.78 is 5.31. The molecule has 0 fully saturated rings. The number of aryl methyl sites for hydroxylation is 1. The maximum Gasteiger partial charge on any atom is 0.169 e. The molecule has 2 nitrogen and oxygen atoms in total. The van der Waals surface area contributed by atoms with Crippen molar-refractivity contribution < 1.29 is 9.53 Å². The number of alkyl halides is 2. The van der Waals surface area contributed by atoms with Gasteiger partial charge in [-0.3, -0.25) is 4.79 Å². The minimum absolute atomic E-state index is 0.252. The molecule has 4 rings (SSSR count). The molecule has 1 spiro atoms. The van der Waals surface area contributed by atoms with E-state index >= 15 is 0 Å². The summed E-state index contributed by atoms with van der Waals surface area (Å²) in [5.41, 5.74) is 7.11. The second-order valence-corrected chi connectivity index (χ2v) is 8.26. The van der Waals surface area contributed by atoms with Crippen molar-refractivity contribution in [1.29, 1.82) is 0 Å². The molecule has 2 aliphatic carbocycles. The number of ether oxygens (including phenoxy) is 1. The van der Waals surface area contributed by atoms with Crippen molar-refractivity contribution in [2.75, 3.05) is 7.11 Å². The summed E-state index contributed by atoms with van der Waals surface area (Å²) in [4.78, 5) is 13.4. The number of rotatable bonds is 3. The highest BCUT2D eigenvalue weighted by atomic mass is 79.9. The predicted octanol–water partition coefficient (Wildman–Crippen LogP) is 5.40. The normalized spacial score (nSPS) is 17.5. The van der Waals surface area contributed by atoms with Crippen molar-refractivity contribution in [3.05, 3.63) is 63.7 Å². The maximum absolute atomic E-state index is 13.4. The van der Waals surface area contributed by atoms with Crippen molar-refractivity contribution in [2.45, 2.75) is 36.3 Å². The Morgan fingerprint density at radius 2 is 1.64 bits per heavy atom. The number of hydrogen-bond donors (Lipinski definition) is 0. The third-order valence-corrected chi connectivity index (χ3v) is 6.99. The average molecular weight is 464 g/mol. The summed E-state index contributed by atoms with van der Waals surface area (Å²) >= 11 is 7.18. The monoisotopic (exact) mass is 462 g/mol. The minimum Gasteiger partial charge on any atom is -0.497 e. The summed E-state index contributed by atoms with van der Waals surface area (Å²) in [7, 11) is 1.67. The van der Waals surface area contributed by atoms with Gasteiger partial charge < -0.3 is 4.74 Å². The van der Waals surface area contributed by atoms with Gasteiger partial charge >= 0.3 is 0 Å². The number of ketones is 1. The zero-order valence-corrected chi connectivity index (χ0v) is 17.4. The van der Waals surface area contributed by atoms with E-state index < -0.39 is 0 Å². The predicted molar refractivity (Wildman–Crippen MR) is 107 cm³/mol. The van der Waals surface area contributed by atoms with Gasteiger partial charge in [-0.25, -0.2) is 0 Å². The molecule has 0 bridgehead atoms. The van der Waals surface area contributed by atoms with Gasteiger partial charge in [-0.15, -0.1) is 0 Å². The Bertz CT molecular complexity index is 824. The van der Waals surface area contributed by atoms with Gasteiger partial charge in [0, 0.05) is 21.6 Å². The molecule has 0 amide bonds. The van der Waals surface area contributed by atoms with Crippen LogP contribution in [0, 0.1) is 5.41 Å². The Balaban J connectivity index is 1.71. The molecule has 130 valence electrons. The van der Waals surface area contributed by atoms with Crippen LogP contribution >= 0.6 is 31.9 Å². The molecule has 0 saturated heterocycles. The molecule has 2 aromatic carbocycles. The van der Waals surface area contributed by atoms with Crippen LogP contribution in [0.25, 0.3) is 0 Å². The van der Waals surface area contributed by atoms with Gasteiger partial charge in [-0.2, -0.15) is 0 Å². The van der Waals surface area contributed by atoms with Gasteiger partial charge in [-0.1, -0.05) is 44.0 Å². The molecule has 4 heteroatoms. The number of hydrogen-bond acceptors (Lipinski definition) is 2. The number of benzene rings is 2. The van der Waals surface area contributed by atoms with Gasteiger partial charge in [0.1, 0.15) is 5.75 Å². The van der Waals surface area contributed by atoms with E-state index in [-0.39, 0.29) is 5.41 Å². The van der Waals surface area contributed by atoms with Crippen LogP contribution in [-0.2, 0) is 29.9 Å². The summed E-state index contributed by atoms with van der Waals surface area (Å²) in [6.45, 7) is 0. The van der Waals surface area contributed by atoms with Gasteiger partial charge in [0.15, 0.2) is 5.78 Å². The SMILES string of the molecule is COc1ccc2c(c1)CCC1(Cc3cc(CBr)c(CBr)cc3C1)C2=O. The fraction of sp³-hybridized carbons (Fsp3) is 0.381. The van der Waals surface area contributed by atoms with E-state index in [4.69, 9.17) is 4.74 Å². The lowest BCUT2D eigenvalue weighted by Crippen LogP contribution is -2.36. The van der Waals surface area contributed by atoms with Crippen molar-refractivity contribution in [3.63, 3.8) is 0 Å². The van der Waals surface area contributed by atoms with E-state index in [0.29, 0.717) is 5.78 Å². The van der Waals surface area contributed by atoms with Crippen molar-refractivity contribution in [3.8, 4) is 5.75 Å². The highest BCUT2D eigenvalue weighted by Gasteiger charge is 2.46. The Morgan fingerprint density at radius 1 is 1.00 bits per heavy atom. The lowest BCUT2D eigenvalue weighted by Gasteiger charge is -2.33. The molecule has 0 radical (unpaired) electrons. The van der Waals surface area contributed by atoms with Crippen molar-refractivity contribution in [2.24, 2.45) is 5.41 Å². The second kappa shape index (κ2) is 6.55. The smallest absolute Gasteiger partial charge is 0.169 e. The quantitative estimate of drug-likeness (QED) is 0.569. The number of halogens is 2. The van der Waals surface area contributed by atoms with E-state index in [9.17, 15) is 4.79 Å². The molecule has 2 aromatic rings. The molecule has 0 atom stereocenters. The van der Waals surface area contributed by atoms with E-state index in [1.54, 1.807) is 7.11 Å². The number of Topliss-reactive ketones (excluding diaryl/α,β-unsaturated/α-hetero) is 1. The number of carbonyl (C=O) groups excluding carboxylic acids is 1. The van der Waals surface area contributed by atoms with Crippen molar-refractivity contribution >= 4 is 37.6 Å². The summed E-state index contributed by atoms with van der Waals surface area (Å²) in [6.07, 6.45) is 3.61. The van der Waals surface area contributed by atoms with E-state index in [1.807, 2.05) is 18.2 Å². The van der Waals surface area contributed by atoms with E-state index in [1.165, 1.54) is 22.3 Å². The van der Waals surface area contributed by atoms with Crippen LogP contribution in [0.2, 0.25) is 0 Å². The van der Waals surface area contributed by atoms with Crippen LogP contribution in [0.3, 0.4) is 0 Å². The minimum atomic E-state index is -0.252. The van der Waals surface area contributed by atoms with E-state index in [2.05, 4.69) is 44.0 Å². The van der Waals surface area contributed by atoms with Gasteiger partial charge in [0.2, 0.25) is 0 Å². The molecular formula is C21H20Br2O2. The molecule has 0 saturated carbocycles. The highest BCUT2D eigenvalue weighted by Crippen LogP contribution is 2.47. The molecule has 25 heavy (non-hydrogen) atoms. The third-order valence-electron chi connectivity index (χ3n) is 5.78. The lowest BCUT2D eigenvalue weighted by molar-refractivity contribution is 0.0771. The fourth-order valence-corrected chi connectivity index (χ4v) is 5.44. The molecule has 0 aromatic heterocycles. The number of methoxy groups -OCH3 is 1.